The molecule has 0 radical (unpaired) electrons. The average molecular weight is 244 g/mol. The molecule has 2 atom stereocenters. The molecule has 1 fully saturated rings. The van der Waals surface area contributed by atoms with Gasteiger partial charge in [-0.25, -0.2) is 4.79 Å². The van der Waals surface area contributed by atoms with Crippen molar-refractivity contribution in [3.05, 3.63) is 0 Å². The average Bonchev–Trinajstić information content (AvgIpc) is 2.71. The zero-order valence-corrected chi connectivity index (χ0v) is 10.3. The second kappa shape index (κ2) is 5.86. The molecule has 98 valence electrons. The molecule has 0 spiro atoms. The summed E-state index contributed by atoms with van der Waals surface area (Å²) in [6.07, 6.45) is 0.146. The van der Waals surface area contributed by atoms with Crippen LogP contribution >= 0.6 is 0 Å². The Morgan fingerprint density at radius 2 is 2.18 bits per heavy atom. The van der Waals surface area contributed by atoms with Gasteiger partial charge in [0, 0.05) is 26.2 Å². The fraction of sp³-hybridized carbons (Fsp3) is 0.818. The van der Waals surface area contributed by atoms with E-state index in [0.717, 1.165) is 0 Å². The second-order valence-corrected chi connectivity index (χ2v) is 4.45. The Morgan fingerprint density at radius 1 is 1.53 bits per heavy atom. The molecule has 6 heteroatoms. The first-order valence-corrected chi connectivity index (χ1v) is 5.90. The largest absolute Gasteiger partial charge is 0.481 e. The van der Waals surface area contributed by atoms with Gasteiger partial charge in [-0.1, -0.05) is 6.92 Å². The first-order valence-electron chi connectivity index (χ1n) is 5.90. The van der Waals surface area contributed by atoms with Crippen LogP contribution in [0.15, 0.2) is 0 Å². The van der Waals surface area contributed by atoms with Gasteiger partial charge >= 0.3 is 12.0 Å². The molecule has 6 nitrogen and oxygen atoms in total. The van der Waals surface area contributed by atoms with Gasteiger partial charge in [0.2, 0.25) is 0 Å². The van der Waals surface area contributed by atoms with Gasteiger partial charge in [0.25, 0.3) is 0 Å². The second-order valence-electron chi connectivity index (χ2n) is 4.45. The van der Waals surface area contributed by atoms with E-state index >= 15 is 0 Å². The van der Waals surface area contributed by atoms with Crippen LogP contribution in [-0.2, 0) is 4.79 Å². The van der Waals surface area contributed by atoms with Crippen LogP contribution < -0.4 is 0 Å². The van der Waals surface area contributed by atoms with Gasteiger partial charge in [-0.2, -0.15) is 0 Å². The van der Waals surface area contributed by atoms with Crippen LogP contribution in [0, 0.1) is 5.92 Å². The quantitative estimate of drug-likeness (QED) is 0.741. The van der Waals surface area contributed by atoms with Crippen molar-refractivity contribution in [2.75, 3.05) is 26.2 Å². The summed E-state index contributed by atoms with van der Waals surface area (Å²) in [7, 11) is 0. The number of amides is 2. The fourth-order valence-electron chi connectivity index (χ4n) is 1.87. The van der Waals surface area contributed by atoms with Crippen molar-refractivity contribution in [1.82, 2.24) is 9.80 Å². The Labute approximate surface area is 101 Å². The van der Waals surface area contributed by atoms with E-state index in [-0.39, 0.29) is 12.6 Å². The van der Waals surface area contributed by atoms with Crippen molar-refractivity contribution in [3.8, 4) is 0 Å². The molecule has 1 rings (SSSR count). The summed E-state index contributed by atoms with van der Waals surface area (Å²) in [6.45, 7) is 4.96. The molecule has 2 N–H and O–H groups in total. The number of aliphatic hydroxyl groups is 1. The summed E-state index contributed by atoms with van der Waals surface area (Å²) in [6, 6.07) is -0.183. The molecule has 0 aliphatic carbocycles. The van der Waals surface area contributed by atoms with Crippen molar-refractivity contribution >= 4 is 12.0 Å². The molecule has 0 saturated carbocycles. The Bertz CT molecular complexity index is 295. The standard InChI is InChI=1S/C11H20N2O4/c1-3-12(6-8(2)10(15)16)11(17)13-5-4-9(14)7-13/h8-9,14H,3-7H2,1-2H3,(H,15,16). The number of carbonyl (C=O) groups excluding carboxylic acids is 1. The number of hydrogen-bond donors (Lipinski definition) is 2. The summed E-state index contributed by atoms with van der Waals surface area (Å²) in [5.41, 5.74) is 0. The Balaban J connectivity index is 2.55. The number of nitrogens with zero attached hydrogens (tertiary/aromatic N) is 2. The van der Waals surface area contributed by atoms with E-state index in [2.05, 4.69) is 0 Å². The molecule has 1 aliphatic rings. The number of aliphatic hydroxyl groups excluding tert-OH is 1. The van der Waals surface area contributed by atoms with Crippen LogP contribution in [0.2, 0.25) is 0 Å². The minimum atomic E-state index is -0.905. The zero-order valence-electron chi connectivity index (χ0n) is 10.3. The molecule has 0 bridgehead atoms. The highest BCUT2D eigenvalue weighted by Gasteiger charge is 2.29. The van der Waals surface area contributed by atoms with Crippen LogP contribution in [0.5, 0.6) is 0 Å². The molecule has 17 heavy (non-hydrogen) atoms. The number of aliphatic carboxylic acids is 1. The van der Waals surface area contributed by atoms with Gasteiger partial charge in [0.05, 0.1) is 12.0 Å². The van der Waals surface area contributed by atoms with Crippen LogP contribution in [0.1, 0.15) is 20.3 Å². The molecular formula is C11H20N2O4. The maximum atomic E-state index is 12.0. The third-order valence-electron chi connectivity index (χ3n) is 3.00. The maximum absolute atomic E-state index is 12.0. The molecule has 0 aromatic rings. The van der Waals surface area contributed by atoms with Crippen molar-refractivity contribution in [2.45, 2.75) is 26.4 Å². The van der Waals surface area contributed by atoms with E-state index in [1.54, 1.807) is 11.8 Å². The van der Waals surface area contributed by atoms with E-state index in [9.17, 15) is 14.7 Å². The lowest BCUT2D eigenvalue weighted by Gasteiger charge is -2.28. The number of rotatable bonds is 4. The molecule has 1 aliphatic heterocycles. The number of β-amino-alcohol motifs (C(OH)–C–C–N with tert-alkyl or cyclic N) is 1. The Hall–Kier alpha value is -1.30. The van der Waals surface area contributed by atoms with Gasteiger partial charge in [0.1, 0.15) is 0 Å². The Kier molecular flexibility index (Phi) is 4.74. The van der Waals surface area contributed by atoms with Crippen molar-refractivity contribution in [1.29, 1.82) is 0 Å². The highest BCUT2D eigenvalue weighted by atomic mass is 16.4. The maximum Gasteiger partial charge on any atom is 0.320 e. The topological polar surface area (TPSA) is 81.1 Å². The highest BCUT2D eigenvalue weighted by molar-refractivity contribution is 5.76. The molecule has 1 saturated heterocycles. The third-order valence-corrected chi connectivity index (χ3v) is 3.00. The minimum absolute atomic E-state index is 0.183. The molecular weight excluding hydrogens is 224 g/mol. The van der Waals surface area contributed by atoms with Gasteiger partial charge in [-0.15, -0.1) is 0 Å². The number of carboxylic acid groups (broad SMARTS) is 1. The minimum Gasteiger partial charge on any atom is -0.481 e. The molecule has 2 unspecified atom stereocenters. The smallest absolute Gasteiger partial charge is 0.320 e. The van der Waals surface area contributed by atoms with Crippen LogP contribution in [-0.4, -0.2) is 64.3 Å². The normalized spacial score (nSPS) is 21.4. The summed E-state index contributed by atoms with van der Waals surface area (Å²) in [4.78, 5) is 25.9. The van der Waals surface area contributed by atoms with E-state index in [4.69, 9.17) is 5.11 Å². The lowest BCUT2D eigenvalue weighted by molar-refractivity contribution is -0.141. The highest BCUT2D eigenvalue weighted by Crippen LogP contribution is 2.12. The molecule has 0 aromatic carbocycles. The molecule has 1 heterocycles. The van der Waals surface area contributed by atoms with Crippen LogP contribution in [0.25, 0.3) is 0 Å². The first-order chi connectivity index (χ1) is 7.95. The van der Waals surface area contributed by atoms with Crippen LogP contribution in [0.4, 0.5) is 4.79 Å². The van der Waals surface area contributed by atoms with Crippen molar-refractivity contribution in [3.63, 3.8) is 0 Å². The number of hydrogen-bond acceptors (Lipinski definition) is 3. The number of urea groups is 1. The van der Waals surface area contributed by atoms with Crippen molar-refractivity contribution < 1.29 is 19.8 Å². The fourth-order valence-corrected chi connectivity index (χ4v) is 1.87. The van der Waals surface area contributed by atoms with Gasteiger partial charge in [0.15, 0.2) is 0 Å². The summed E-state index contributed by atoms with van der Waals surface area (Å²) in [5.74, 6) is -1.48. The van der Waals surface area contributed by atoms with E-state index in [1.165, 1.54) is 4.90 Å². The summed E-state index contributed by atoms with van der Waals surface area (Å²) < 4.78 is 0. The zero-order chi connectivity index (χ0) is 13.0. The van der Waals surface area contributed by atoms with Gasteiger partial charge < -0.3 is 20.0 Å². The van der Waals surface area contributed by atoms with Gasteiger partial charge in [-0.3, -0.25) is 4.79 Å². The molecule has 0 aromatic heterocycles. The first kappa shape index (κ1) is 13.8. The molecule has 2 amide bonds. The van der Waals surface area contributed by atoms with E-state index < -0.39 is 18.0 Å². The lowest BCUT2D eigenvalue weighted by atomic mass is 10.2. The van der Waals surface area contributed by atoms with Gasteiger partial charge in [-0.05, 0) is 13.3 Å². The SMILES string of the molecule is CCN(CC(C)C(=O)O)C(=O)N1CCC(O)C1. The van der Waals surface area contributed by atoms with Crippen LogP contribution in [0.3, 0.4) is 0 Å². The van der Waals surface area contributed by atoms with Crippen molar-refractivity contribution in [2.24, 2.45) is 5.92 Å². The predicted molar refractivity (Wildman–Crippen MR) is 61.6 cm³/mol. The number of likely N-dealkylation sites (tertiary alicyclic amines) is 1. The predicted octanol–water partition coefficient (Wildman–Crippen LogP) is 0.216. The summed E-state index contributed by atoms with van der Waals surface area (Å²) in [5, 5.41) is 18.2. The van der Waals surface area contributed by atoms with E-state index in [0.29, 0.717) is 26.1 Å². The monoisotopic (exact) mass is 244 g/mol. The van der Waals surface area contributed by atoms with E-state index in [1.807, 2.05) is 6.92 Å². The Morgan fingerprint density at radius 3 is 2.59 bits per heavy atom. The summed E-state index contributed by atoms with van der Waals surface area (Å²) >= 11 is 0. The third kappa shape index (κ3) is 3.59. The number of carboxylic acids is 1. The number of carbonyl (C=O) groups is 2. The lowest BCUT2D eigenvalue weighted by Crippen LogP contribution is -2.45.